The summed E-state index contributed by atoms with van der Waals surface area (Å²) in [5.41, 5.74) is 3.37. The molecule has 1 N–H and O–H groups in total. The molecule has 2 amide bonds. The van der Waals surface area contributed by atoms with E-state index in [0.717, 1.165) is 11.1 Å². The highest BCUT2D eigenvalue weighted by atomic mass is 35.5. The van der Waals surface area contributed by atoms with Gasteiger partial charge < -0.3 is 10.2 Å². The van der Waals surface area contributed by atoms with Gasteiger partial charge in [-0.25, -0.2) is 4.79 Å². The van der Waals surface area contributed by atoms with Crippen LogP contribution in [0.5, 0.6) is 0 Å². The molecule has 0 aliphatic carbocycles. The Morgan fingerprint density at radius 2 is 1.82 bits per heavy atom. The molecule has 2 aromatic carbocycles. The van der Waals surface area contributed by atoms with Gasteiger partial charge in [0, 0.05) is 18.6 Å². The third-order valence-corrected chi connectivity index (χ3v) is 3.98. The summed E-state index contributed by atoms with van der Waals surface area (Å²) in [6, 6.07) is 15.4. The zero-order valence-corrected chi connectivity index (χ0v) is 13.9. The molecule has 0 bridgehead atoms. The lowest BCUT2D eigenvalue weighted by atomic mass is 10.1. The number of aryl methyl sites for hydroxylation is 1. The summed E-state index contributed by atoms with van der Waals surface area (Å²) in [5.74, 6) is 0. The highest BCUT2D eigenvalue weighted by Gasteiger charge is 2.14. The molecule has 22 heavy (non-hydrogen) atoms. The van der Waals surface area contributed by atoms with Gasteiger partial charge in [-0.15, -0.1) is 0 Å². The van der Waals surface area contributed by atoms with Crippen molar-refractivity contribution >= 4 is 17.6 Å². The fourth-order valence-corrected chi connectivity index (χ4v) is 2.37. The van der Waals surface area contributed by atoms with Gasteiger partial charge >= 0.3 is 6.03 Å². The number of benzene rings is 2. The molecule has 1 unspecified atom stereocenters. The van der Waals surface area contributed by atoms with E-state index in [-0.39, 0.29) is 12.1 Å². The molecule has 4 heteroatoms. The van der Waals surface area contributed by atoms with E-state index in [1.807, 2.05) is 49.4 Å². The predicted molar refractivity (Wildman–Crippen MR) is 91.0 cm³/mol. The summed E-state index contributed by atoms with van der Waals surface area (Å²) in [6.07, 6.45) is 0. The molecule has 0 aliphatic rings. The number of nitrogens with one attached hydrogen (secondary N) is 1. The third-order valence-electron chi connectivity index (χ3n) is 3.73. The minimum Gasteiger partial charge on any atom is -0.331 e. The molecule has 116 valence electrons. The molecule has 2 rings (SSSR count). The molecular weight excluding hydrogens is 296 g/mol. The van der Waals surface area contributed by atoms with E-state index >= 15 is 0 Å². The van der Waals surface area contributed by atoms with Crippen LogP contribution in [0.1, 0.15) is 29.7 Å². The molecule has 0 spiro atoms. The molecule has 0 aromatic heterocycles. The van der Waals surface area contributed by atoms with Crippen LogP contribution in [-0.2, 0) is 6.54 Å². The first-order valence-corrected chi connectivity index (χ1v) is 7.67. The van der Waals surface area contributed by atoms with Gasteiger partial charge in [-0.1, -0.05) is 48.0 Å². The van der Waals surface area contributed by atoms with Gasteiger partial charge in [-0.05, 0) is 42.7 Å². The number of carbonyl (C=O) groups is 1. The minimum atomic E-state index is -0.0919. The highest BCUT2D eigenvalue weighted by Crippen LogP contribution is 2.16. The van der Waals surface area contributed by atoms with Crippen molar-refractivity contribution in [2.45, 2.75) is 26.4 Å². The first kappa shape index (κ1) is 16.4. The smallest absolute Gasteiger partial charge is 0.317 e. The van der Waals surface area contributed by atoms with Crippen LogP contribution in [0.25, 0.3) is 0 Å². The van der Waals surface area contributed by atoms with Gasteiger partial charge in [0.25, 0.3) is 0 Å². The maximum Gasteiger partial charge on any atom is 0.317 e. The number of urea groups is 1. The van der Waals surface area contributed by atoms with Crippen LogP contribution >= 0.6 is 11.6 Å². The number of nitrogens with zero attached hydrogens (tertiary/aromatic N) is 1. The van der Waals surface area contributed by atoms with Crippen molar-refractivity contribution in [1.29, 1.82) is 0 Å². The molecule has 3 nitrogen and oxygen atoms in total. The van der Waals surface area contributed by atoms with Crippen LogP contribution in [-0.4, -0.2) is 18.0 Å². The number of carbonyl (C=O) groups excluding carboxylic acids is 1. The molecule has 0 radical (unpaired) electrons. The second-order valence-corrected chi connectivity index (χ2v) is 5.94. The Morgan fingerprint density at radius 3 is 2.45 bits per heavy atom. The monoisotopic (exact) mass is 316 g/mol. The second-order valence-electron chi connectivity index (χ2n) is 5.51. The maximum atomic E-state index is 12.3. The van der Waals surface area contributed by atoms with Crippen molar-refractivity contribution in [3.05, 3.63) is 70.2 Å². The van der Waals surface area contributed by atoms with Crippen molar-refractivity contribution < 1.29 is 4.79 Å². The standard InChI is InChI=1S/C18H21ClN2O/c1-13-6-4-5-7-16(13)12-21(3)18(22)20-14(2)15-8-10-17(19)11-9-15/h4-11,14H,12H2,1-3H3,(H,20,22). The number of halogens is 1. The van der Waals surface area contributed by atoms with Gasteiger partial charge in [0.05, 0.1) is 6.04 Å². The van der Waals surface area contributed by atoms with Crippen LogP contribution in [0.4, 0.5) is 4.79 Å². The van der Waals surface area contributed by atoms with Crippen LogP contribution in [0.2, 0.25) is 5.02 Å². The van der Waals surface area contributed by atoms with E-state index < -0.39 is 0 Å². The Kier molecular flexibility index (Phi) is 5.45. The minimum absolute atomic E-state index is 0.0657. The molecule has 0 aliphatic heterocycles. The Balaban J connectivity index is 1.96. The zero-order chi connectivity index (χ0) is 16.1. The van der Waals surface area contributed by atoms with Crippen LogP contribution in [0.3, 0.4) is 0 Å². The Morgan fingerprint density at radius 1 is 1.18 bits per heavy atom. The predicted octanol–water partition coefficient (Wildman–Crippen LogP) is 4.55. The topological polar surface area (TPSA) is 32.3 Å². The summed E-state index contributed by atoms with van der Waals surface area (Å²) in [5, 5.41) is 3.69. The van der Waals surface area contributed by atoms with Crippen molar-refractivity contribution in [1.82, 2.24) is 10.2 Å². The molecule has 2 aromatic rings. The summed E-state index contributed by atoms with van der Waals surface area (Å²) >= 11 is 5.88. The SMILES string of the molecule is Cc1ccccc1CN(C)C(=O)NC(C)c1ccc(Cl)cc1. The van der Waals surface area contributed by atoms with Crippen LogP contribution < -0.4 is 5.32 Å². The average Bonchev–Trinajstić information content (AvgIpc) is 2.50. The van der Waals surface area contributed by atoms with Crippen molar-refractivity contribution in [3.63, 3.8) is 0 Å². The van der Waals surface area contributed by atoms with Gasteiger partial charge in [-0.3, -0.25) is 0 Å². The number of hydrogen-bond donors (Lipinski definition) is 1. The van der Waals surface area contributed by atoms with Crippen LogP contribution in [0, 0.1) is 6.92 Å². The van der Waals surface area contributed by atoms with E-state index in [2.05, 4.69) is 18.3 Å². The van der Waals surface area contributed by atoms with Gasteiger partial charge in [0.1, 0.15) is 0 Å². The van der Waals surface area contributed by atoms with E-state index in [4.69, 9.17) is 11.6 Å². The number of amides is 2. The van der Waals surface area contributed by atoms with Crippen molar-refractivity contribution in [2.24, 2.45) is 0 Å². The summed E-state index contributed by atoms with van der Waals surface area (Å²) in [7, 11) is 1.80. The first-order chi connectivity index (χ1) is 10.5. The lowest BCUT2D eigenvalue weighted by Gasteiger charge is -2.22. The summed E-state index contributed by atoms with van der Waals surface area (Å²) in [4.78, 5) is 14.0. The van der Waals surface area contributed by atoms with E-state index in [9.17, 15) is 4.79 Å². The van der Waals surface area contributed by atoms with Crippen LogP contribution in [0.15, 0.2) is 48.5 Å². The Labute approximate surface area is 136 Å². The molecule has 0 heterocycles. The molecular formula is C18H21ClN2O. The molecule has 1 atom stereocenters. The molecule has 0 saturated carbocycles. The van der Waals surface area contributed by atoms with Crippen molar-refractivity contribution in [3.8, 4) is 0 Å². The fourth-order valence-electron chi connectivity index (χ4n) is 2.25. The quantitative estimate of drug-likeness (QED) is 0.881. The van der Waals surface area contributed by atoms with Crippen molar-refractivity contribution in [2.75, 3.05) is 7.05 Å². The fraction of sp³-hybridized carbons (Fsp3) is 0.278. The lowest BCUT2D eigenvalue weighted by Crippen LogP contribution is -2.38. The Hall–Kier alpha value is -2.00. The number of rotatable bonds is 4. The maximum absolute atomic E-state index is 12.3. The zero-order valence-electron chi connectivity index (χ0n) is 13.1. The third kappa shape index (κ3) is 4.25. The highest BCUT2D eigenvalue weighted by molar-refractivity contribution is 6.30. The second kappa shape index (κ2) is 7.32. The average molecular weight is 317 g/mol. The normalized spacial score (nSPS) is 11.8. The van der Waals surface area contributed by atoms with Gasteiger partial charge in [0.15, 0.2) is 0 Å². The van der Waals surface area contributed by atoms with Gasteiger partial charge in [0.2, 0.25) is 0 Å². The number of hydrogen-bond acceptors (Lipinski definition) is 1. The lowest BCUT2D eigenvalue weighted by molar-refractivity contribution is 0.203. The van der Waals surface area contributed by atoms with E-state index in [1.165, 1.54) is 5.56 Å². The van der Waals surface area contributed by atoms with E-state index in [1.54, 1.807) is 11.9 Å². The summed E-state index contributed by atoms with van der Waals surface area (Å²) < 4.78 is 0. The molecule has 0 saturated heterocycles. The van der Waals surface area contributed by atoms with E-state index in [0.29, 0.717) is 11.6 Å². The Bertz CT molecular complexity index is 640. The largest absolute Gasteiger partial charge is 0.331 e. The first-order valence-electron chi connectivity index (χ1n) is 7.29. The molecule has 0 fully saturated rings. The van der Waals surface area contributed by atoms with Gasteiger partial charge in [-0.2, -0.15) is 0 Å². The summed E-state index contributed by atoms with van der Waals surface area (Å²) in [6.45, 7) is 4.60.